The first-order valence-corrected chi connectivity index (χ1v) is 5.64. The molecule has 0 atom stereocenters. The molecule has 18 heavy (non-hydrogen) atoms. The number of pyridine rings is 1. The lowest BCUT2D eigenvalue weighted by Gasteiger charge is -2.13. The van der Waals surface area contributed by atoms with Crippen molar-refractivity contribution in [3.05, 3.63) is 34.5 Å². The average molecular weight is 245 g/mol. The molecule has 0 radical (unpaired) electrons. The highest BCUT2D eigenvalue weighted by atomic mass is 16.5. The molecule has 0 aliphatic heterocycles. The van der Waals surface area contributed by atoms with E-state index in [0.717, 1.165) is 16.6 Å². The number of hydrogen-bond donors (Lipinski definition) is 1. The van der Waals surface area contributed by atoms with E-state index in [1.54, 1.807) is 6.92 Å². The topological polar surface area (TPSA) is 59.4 Å². The van der Waals surface area contributed by atoms with Gasteiger partial charge >= 0.3 is 5.97 Å². The van der Waals surface area contributed by atoms with Gasteiger partial charge in [0.1, 0.15) is 5.56 Å². The molecule has 1 N–H and O–H groups in total. The average Bonchev–Trinajstić information content (AvgIpc) is 2.28. The maximum Gasteiger partial charge on any atom is 0.340 e. The Morgan fingerprint density at radius 1 is 1.28 bits per heavy atom. The van der Waals surface area contributed by atoms with Gasteiger partial charge in [0.2, 0.25) is 0 Å². The standard InChI is InChI=1S/C14H15NO3/c1-7-5-8(2)12-10(6-7)11(14(16)17)13(18-4)9(3)15-12/h5-6H,1-4H3,(H,16,17). The summed E-state index contributed by atoms with van der Waals surface area (Å²) in [4.78, 5) is 15.9. The summed E-state index contributed by atoms with van der Waals surface area (Å²) < 4.78 is 5.18. The number of carboxylic acid groups (broad SMARTS) is 1. The van der Waals surface area contributed by atoms with Gasteiger partial charge in [-0.3, -0.25) is 0 Å². The molecule has 0 unspecified atom stereocenters. The molecule has 2 aromatic rings. The van der Waals surface area contributed by atoms with Crippen LogP contribution in [0.1, 0.15) is 27.2 Å². The highest BCUT2D eigenvalue weighted by molar-refractivity contribution is 6.06. The first-order valence-electron chi connectivity index (χ1n) is 5.64. The summed E-state index contributed by atoms with van der Waals surface area (Å²) in [6, 6.07) is 3.83. The van der Waals surface area contributed by atoms with Crippen molar-refractivity contribution in [1.29, 1.82) is 0 Å². The quantitative estimate of drug-likeness (QED) is 0.883. The van der Waals surface area contributed by atoms with E-state index in [1.807, 2.05) is 26.0 Å². The van der Waals surface area contributed by atoms with E-state index in [-0.39, 0.29) is 5.56 Å². The fraction of sp³-hybridized carbons (Fsp3) is 0.286. The number of nitrogens with zero attached hydrogens (tertiary/aromatic N) is 1. The van der Waals surface area contributed by atoms with Crippen LogP contribution in [0.15, 0.2) is 12.1 Å². The Morgan fingerprint density at radius 3 is 2.50 bits per heavy atom. The van der Waals surface area contributed by atoms with Crippen LogP contribution in [-0.4, -0.2) is 23.2 Å². The Hall–Kier alpha value is -2.10. The van der Waals surface area contributed by atoms with Gasteiger partial charge in [-0.2, -0.15) is 0 Å². The van der Waals surface area contributed by atoms with Gasteiger partial charge in [-0.05, 0) is 32.4 Å². The number of aromatic nitrogens is 1. The monoisotopic (exact) mass is 245 g/mol. The second kappa shape index (κ2) is 4.29. The smallest absolute Gasteiger partial charge is 0.340 e. The molecule has 0 bridgehead atoms. The van der Waals surface area contributed by atoms with Gasteiger partial charge in [-0.25, -0.2) is 9.78 Å². The lowest BCUT2D eigenvalue weighted by Crippen LogP contribution is -2.06. The first kappa shape index (κ1) is 12.4. The number of fused-ring (bicyclic) bond motifs is 1. The molecule has 0 aliphatic rings. The highest BCUT2D eigenvalue weighted by Gasteiger charge is 2.20. The van der Waals surface area contributed by atoms with Crippen LogP contribution in [0.25, 0.3) is 10.9 Å². The Bertz CT molecular complexity index is 647. The molecule has 1 aromatic heterocycles. The van der Waals surface area contributed by atoms with Gasteiger partial charge in [-0.1, -0.05) is 11.6 Å². The van der Waals surface area contributed by atoms with Crippen LogP contribution in [0.5, 0.6) is 5.75 Å². The number of aryl methyl sites for hydroxylation is 3. The minimum absolute atomic E-state index is 0.187. The van der Waals surface area contributed by atoms with E-state index in [2.05, 4.69) is 4.98 Å². The predicted octanol–water partition coefficient (Wildman–Crippen LogP) is 2.87. The van der Waals surface area contributed by atoms with Gasteiger partial charge in [0.25, 0.3) is 0 Å². The van der Waals surface area contributed by atoms with Crippen LogP contribution >= 0.6 is 0 Å². The zero-order chi connectivity index (χ0) is 13.4. The molecule has 0 aliphatic carbocycles. The number of ether oxygens (including phenoxy) is 1. The molecule has 0 spiro atoms. The van der Waals surface area contributed by atoms with Gasteiger partial charge in [0, 0.05) is 5.39 Å². The molecular weight excluding hydrogens is 230 g/mol. The summed E-state index contributed by atoms with van der Waals surface area (Å²) >= 11 is 0. The molecule has 0 fully saturated rings. The van der Waals surface area contributed by atoms with Crippen molar-refractivity contribution in [3.8, 4) is 5.75 Å². The van der Waals surface area contributed by atoms with Crippen molar-refractivity contribution in [3.63, 3.8) is 0 Å². The summed E-state index contributed by atoms with van der Waals surface area (Å²) in [6.07, 6.45) is 0. The molecule has 4 nitrogen and oxygen atoms in total. The molecule has 2 rings (SSSR count). The summed E-state index contributed by atoms with van der Waals surface area (Å²) in [7, 11) is 1.46. The summed E-state index contributed by atoms with van der Waals surface area (Å²) in [5.41, 5.74) is 3.48. The van der Waals surface area contributed by atoms with Gasteiger partial charge in [0.15, 0.2) is 5.75 Å². The van der Waals surface area contributed by atoms with Crippen LogP contribution in [0, 0.1) is 20.8 Å². The lowest BCUT2D eigenvalue weighted by atomic mass is 10.0. The third kappa shape index (κ3) is 1.79. The fourth-order valence-electron chi connectivity index (χ4n) is 2.28. The van der Waals surface area contributed by atoms with E-state index in [1.165, 1.54) is 7.11 Å². The first-order chi connectivity index (χ1) is 8.45. The van der Waals surface area contributed by atoms with E-state index in [9.17, 15) is 9.90 Å². The number of hydrogen-bond acceptors (Lipinski definition) is 3. The van der Waals surface area contributed by atoms with Gasteiger partial charge in [0.05, 0.1) is 18.3 Å². The summed E-state index contributed by atoms with van der Waals surface area (Å²) in [6.45, 7) is 5.62. The Labute approximate surface area is 105 Å². The Balaban J connectivity index is 3.01. The van der Waals surface area contributed by atoms with Crippen molar-refractivity contribution in [2.75, 3.05) is 7.11 Å². The SMILES string of the molecule is COc1c(C)nc2c(C)cc(C)cc2c1C(=O)O. The van der Waals surface area contributed by atoms with Crippen molar-refractivity contribution in [1.82, 2.24) is 4.98 Å². The Kier molecular flexibility index (Phi) is 2.95. The maximum atomic E-state index is 11.5. The van der Waals surface area contributed by atoms with Gasteiger partial charge < -0.3 is 9.84 Å². The molecule has 0 saturated heterocycles. The van der Waals surface area contributed by atoms with E-state index < -0.39 is 5.97 Å². The molecule has 94 valence electrons. The van der Waals surface area contributed by atoms with Crippen molar-refractivity contribution < 1.29 is 14.6 Å². The minimum Gasteiger partial charge on any atom is -0.494 e. The summed E-state index contributed by atoms with van der Waals surface area (Å²) in [5, 5.41) is 10.0. The third-order valence-corrected chi connectivity index (χ3v) is 2.97. The molecular formula is C14H15NO3. The van der Waals surface area contributed by atoms with Crippen LogP contribution in [0.4, 0.5) is 0 Å². The van der Waals surface area contributed by atoms with E-state index >= 15 is 0 Å². The number of aromatic carboxylic acids is 1. The van der Waals surface area contributed by atoms with Crippen molar-refractivity contribution >= 4 is 16.9 Å². The molecule has 1 aromatic carbocycles. The normalized spacial score (nSPS) is 10.7. The second-order valence-corrected chi connectivity index (χ2v) is 4.39. The summed E-state index contributed by atoms with van der Waals surface area (Å²) in [5.74, 6) is -0.660. The van der Waals surface area contributed by atoms with Gasteiger partial charge in [-0.15, -0.1) is 0 Å². The Morgan fingerprint density at radius 2 is 1.94 bits per heavy atom. The third-order valence-electron chi connectivity index (χ3n) is 2.97. The second-order valence-electron chi connectivity index (χ2n) is 4.39. The predicted molar refractivity (Wildman–Crippen MR) is 69.5 cm³/mol. The number of carbonyl (C=O) groups is 1. The molecule has 1 heterocycles. The number of carboxylic acids is 1. The maximum absolute atomic E-state index is 11.5. The fourth-order valence-corrected chi connectivity index (χ4v) is 2.28. The van der Waals surface area contributed by atoms with E-state index in [4.69, 9.17) is 4.74 Å². The van der Waals surface area contributed by atoms with Crippen LogP contribution in [0.3, 0.4) is 0 Å². The largest absolute Gasteiger partial charge is 0.494 e. The highest BCUT2D eigenvalue weighted by Crippen LogP contribution is 2.31. The minimum atomic E-state index is -0.993. The number of methoxy groups -OCH3 is 1. The lowest BCUT2D eigenvalue weighted by molar-refractivity contribution is 0.0695. The number of benzene rings is 1. The van der Waals surface area contributed by atoms with Crippen LogP contribution in [-0.2, 0) is 0 Å². The molecule has 0 amide bonds. The zero-order valence-corrected chi connectivity index (χ0v) is 10.9. The molecule has 4 heteroatoms. The number of rotatable bonds is 2. The molecule has 0 saturated carbocycles. The van der Waals surface area contributed by atoms with Crippen LogP contribution < -0.4 is 4.74 Å². The van der Waals surface area contributed by atoms with Crippen molar-refractivity contribution in [2.24, 2.45) is 0 Å². The zero-order valence-electron chi connectivity index (χ0n) is 10.9. The van der Waals surface area contributed by atoms with E-state index in [0.29, 0.717) is 16.8 Å². The van der Waals surface area contributed by atoms with Crippen molar-refractivity contribution in [2.45, 2.75) is 20.8 Å². The van der Waals surface area contributed by atoms with Crippen LogP contribution in [0.2, 0.25) is 0 Å².